The van der Waals surface area contributed by atoms with Crippen molar-refractivity contribution in [3.63, 3.8) is 0 Å². The number of benzene rings is 1. The third-order valence-electron chi connectivity index (χ3n) is 3.47. The van der Waals surface area contributed by atoms with Gasteiger partial charge in [0, 0.05) is 6.42 Å². The predicted molar refractivity (Wildman–Crippen MR) is 71.9 cm³/mol. The summed E-state index contributed by atoms with van der Waals surface area (Å²) in [5.74, 6) is -1.61. The topological polar surface area (TPSA) is 43.1 Å². The fourth-order valence-electron chi connectivity index (χ4n) is 2.20. The average Bonchev–Trinajstić information content (AvgIpc) is 2.37. The van der Waals surface area contributed by atoms with E-state index in [1.54, 1.807) is 0 Å². The van der Waals surface area contributed by atoms with Gasteiger partial charge in [0.1, 0.15) is 0 Å². The first-order valence-corrected chi connectivity index (χ1v) is 6.64. The van der Waals surface area contributed by atoms with E-state index in [0.29, 0.717) is 24.8 Å². The minimum absolute atomic E-state index is 0.157. The maximum absolute atomic E-state index is 13.5. The lowest BCUT2D eigenvalue weighted by molar-refractivity contribution is 0.0964. The van der Waals surface area contributed by atoms with Crippen LogP contribution in [0.3, 0.4) is 0 Å². The molecular weight excluding hydrogens is 248 g/mol. The maximum atomic E-state index is 13.5. The monoisotopic (exact) mass is 269 g/mol. The molecule has 0 amide bonds. The van der Waals surface area contributed by atoms with Crippen LogP contribution in [0.25, 0.3) is 0 Å². The van der Waals surface area contributed by atoms with Gasteiger partial charge < -0.3 is 5.73 Å². The van der Waals surface area contributed by atoms with Crippen molar-refractivity contribution < 1.29 is 13.6 Å². The summed E-state index contributed by atoms with van der Waals surface area (Å²) in [6, 6.07) is 3.69. The van der Waals surface area contributed by atoms with E-state index in [9.17, 15) is 13.6 Å². The quantitative estimate of drug-likeness (QED) is 0.769. The molecule has 0 saturated carbocycles. The van der Waals surface area contributed by atoms with Crippen LogP contribution in [0.1, 0.15) is 43.5 Å². The Kier molecular flexibility index (Phi) is 6.09. The van der Waals surface area contributed by atoms with E-state index in [4.69, 9.17) is 5.73 Å². The van der Waals surface area contributed by atoms with Gasteiger partial charge in [-0.2, -0.15) is 0 Å². The van der Waals surface area contributed by atoms with Crippen LogP contribution >= 0.6 is 0 Å². The summed E-state index contributed by atoms with van der Waals surface area (Å²) in [6.45, 7) is 4.73. The number of rotatable bonds is 7. The minimum atomic E-state index is -1.05. The van der Waals surface area contributed by atoms with E-state index in [0.717, 1.165) is 12.5 Å². The van der Waals surface area contributed by atoms with Crippen LogP contribution in [0.5, 0.6) is 0 Å². The normalized spacial score (nSPS) is 12.7. The molecule has 0 aliphatic carbocycles. The predicted octanol–water partition coefficient (Wildman–Crippen LogP) is 3.55. The van der Waals surface area contributed by atoms with Gasteiger partial charge in [0.2, 0.25) is 0 Å². The molecule has 1 atom stereocenters. The van der Waals surface area contributed by atoms with Crippen LogP contribution in [-0.2, 0) is 0 Å². The van der Waals surface area contributed by atoms with Gasteiger partial charge in [-0.25, -0.2) is 8.78 Å². The third-order valence-corrected chi connectivity index (χ3v) is 3.47. The van der Waals surface area contributed by atoms with E-state index in [-0.39, 0.29) is 17.8 Å². The highest BCUT2D eigenvalue weighted by molar-refractivity contribution is 5.96. The van der Waals surface area contributed by atoms with Crippen molar-refractivity contribution in [1.82, 2.24) is 0 Å². The molecule has 0 aliphatic heterocycles. The van der Waals surface area contributed by atoms with Crippen molar-refractivity contribution in [2.24, 2.45) is 17.6 Å². The molecule has 1 aromatic rings. The third kappa shape index (κ3) is 4.39. The number of nitrogens with two attached hydrogens (primary N) is 1. The maximum Gasteiger partial charge on any atom is 0.169 e. The molecule has 0 fully saturated rings. The summed E-state index contributed by atoms with van der Waals surface area (Å²) in [6.07, 6.45) is 1.73. The summed E-state index contributed by atoms with van der Waals surface area (Å²) in [5, 5.41) is 0. The molecule has 1 unspecified atom stereocenters. The fraction of sp³-hybridized carbons (Fsp3) is 0.533. The van der Waals surface area contributed by atoms with Gasteiger partial charge in [0.05, 0.1) is 5.56 Å². The minimum Gasteiger partial charge on any atom is -0.330 e. The van der Waals surface area contributed by atoms with Crippen molar-refractivity contribution >= 4 is 5.78 Å². The second-order valence-electron chi connectivity index (χ2n) is 5.14. The lowest BCUT2D eigenvalue weighted by Gasteiger charge is -2.19. The number of hydrogen-bond donors (Lipinski definition) is 1. The zero-order valence-corrected chi connectivity index (χ0v) is 11.5. The SMILES string of the molecule is CC(C)C(CCN)CCC(=O)c1cccc(F)c1F. The second kappa shape index (κ2) is 7.34. The second-order valence-corrected chi connectivity index (χ2v) is 5.14. The molecule has 106 valence electrons. The molecule has 0 spiro atoms. The number of carbonyl (C=O) groups excluding carboxylic acids is 1. The molecule has 0 heterocycles. The van der Waals surface area contributed by atoms with Crippen molar-refractivity contribution in [1.29, 1.82) is 0 Å². The zero-order valence-electron chi connectivity index (χ0n) is 11.5. The van der Waals surface area contributed by atoms with Crippen molar-refractivity contribution in [3.05, 3.63) is 35.4 Å². The Morgan fingerprint density at radius 3 is 2.53 bits per heavy atom. The van der Waals surface area contributed by atoms with Crippen LogP contribution in [0, 0.1) is 23.5 Å². The van der Waals surface area contributed by atoms with Crippen LogP contribution < -0.4 is 5.73 Å². The first kappa shape index (κ1) is 15.8. The van der Waals surface area contributed by atoms with Gasteiger partial charge in [-0.1, -0.05) is 19.9 Å². The molecule has 2 N–H and O–H groups in total. The molecule has 0 aromatic heterocycles. The van der Waals surface area contributed by atoms with Crippen LogP contribution in [-0.4, -0.2) is 12.3 Å². The number of carbonyl (C=O) groups is 1. The van der Waals surface area contributed by atoms with Crippen molar-refractivity contribution in [2.45, 2.75) is 33.1 Å². The fourth-order valence-corrected chi connectivity index (χ4v) is 2.20. The van der Waals surface area contributed by atoms with E-state index in [1.807, 2.05) is 0 Å². The van der Waals surface area contributed by atoms with E-state index < -0.39 is 11.6 Å². The Morgan fingerprint density at radius 2 is 1.95 bits per heavy atom. The Labute approximate surface area is 113 Å². The Bertz CT molecular complexity index is 432. The summed E-state index contributed by atoms with van der Waals surface area (Å²) >= 11 is 0. The first-order valence-electron chi connectivity index (χ1n) is 6.64. The van der Waals surface area contributed by atoms with Crippen LogP contribution in [0.4, 0.5) is 8.78 Å². The lowest BCUT2D eigenvalue weighted by Crippen LogP contribution is -2.16. The van der Waals surface area contributed by atoms with E-state index >= 15 is 0 Å². The van der Waals surface area contributed by atoms with Gasteiger partial charge in [-0.15, -0.1) is 0 Å². The lowest BCUT2D eigenvalue weighted by atomic mass is 9.87. The van der Waals surface area contributed by atoms with Crippen LogP contribution in [0.15, 0.2) is 18.2 Å². The highest BCUT2D eigenvalue weighted by Gasteiger charge is 2.18. The standard InChI is InChI=1S/C15H21F2NO/c1-10(2)11(8-9-18)6-7-14(19)12-4-3-5-13(16)15(12)17/h3-5,10-11H,6-9,18H2,1-2H3. The highest BCUT2D eigenvalue weighted by Crippen LogP contribution is 2.22. The van der Waals surface area contributed by atoms with Crippen molar-refractivity contribution in [3.8, 4) is 0 Å². The summed E-state index contributed by atoms with van der Waals surface area (Å²) < 4.78 is 26.5. The molecule has 4 heteroatoms. The van der Waals surface area contributed by atoms with Gasteiger partial charge in [-0.3, -0.25) is 4.79 Å². The van der Waals surface area contributed by atoms with Gasteiger partial charge >= 0.3 is 0 Å². The molecule has 1 rings (SSSR count). The molecule has 19 heavy (non-hydrogen) atoms. The summed E-state index contributed by atoms with van der Waals surface area (Å²) in [4.78, 5) is 11.9. The molecule has 0 bridgehead atoms. The molecule has 0 radical (unpaired) electrons. The zero-order chi connectivity index (χ0) is 14.4. The first-order chi connectivity index (χ1) is 8.97. The summed E-state index contributed by atoms with van der Waals surface area (Å²) in [7, 11) is 0. The molecule has 0 saturated heterocycles. The Balaban J connectivity index is 2.67. The average molecular weight is 269 g/mol. The summed E-state index contributed by atoms with van der Waals surface area (Å²) in [5.41, 5.74) is 5.38. The molecule has 0 aliphatic rings. The van der Waals surface area contributed by atoms with Crippen molar-refractivity contribution in [2.75, 3.05) is 6.54 Å². The smallest absolute Gasteiger partial charge is 0.169 e. The Morgan fingerprint density at radius 1 is 1.26 bits per heavy atom. The Hall–Kier alpha value is -1.29. The number of hydrogen-bond acceptors (Lipinski definition) is 2. The van der Waals surface area contributed by atoms with Gasteiger partial charge in [-0.05, 0) is 43.4 Å². The van der Waals surface area contributed by atoms with Crippen LogP contribution in [0.2, 0.25) is 0 Å². The molecular formula is C15H21F2NO. The number of Topliss-reactive ketones (excluding diaryl/α,β-unsaturated/α-hetero) is 1. The molecule has 1 aromatic carbocycles. The van der Waals surface area contributed by atoms with E-state index in [2.05, 4.69) is 13.8 Å². The van der Waals surface area contributed by atoms with Gasteiger partial charge in [0.15, 0.2) is 17.4 Å². The van der Waals surface area contributed by atoms with E-state index in [1.165, 1.54) is 12.1 Å². The number of halogens is 2. The molecule has 2 nitrogen and oxygen atoms in total. The number of ketones is 1. The highest BCUT2D eigenvalue weighted by atomic mass is 19.2. The largest absolute Gasteiger partial charge is 0.330 e. The van der Waals surface area contributed by atoms with Gasteiger partial charge in [0.25, 0.3) is 0 Å².